The molecule has 2 rings (SSSR count). The fourth-order valence-corrected chi connectivity index (χ4v) is 3.46. The molecule has 4 heteroatoms. The second-order valence-corrected chi connectivity index (χ2v) is 6.39. The quantitative estimate of drug-likeness (QED) is 0.606. The van der Waals surface area contributed by atoms with E-state index in [0.717, 1.165) is 16.9 Å². The minimum absolute atomic E-state index is 0.362. The highest BCUT2D eigenvalue weighted by atomic mass is 32.2. The summed E-state index contributed by atoms with van der Waals surface area (Å²) >= 11 is 1.61. The summed E-state index contributed by atoms with van der Waals surface area (Å²) in [7, 11) is 1.67. The van der Waals surface area contributed by atoms with E-state index in [-0.39, 0.29) is 5.92 Å². The number of thioether (sulfide) groups is 1. The fourth-order valence-electron chi connectivity index (χ4n) is 2.88. The van der Waals surface area contributed by atoms with Crippen LogP contribution < -0.4 is 0 Å². The van der Waals surface area contributed by atoms with Gasteiger partial charge in [0.1, 0.15) is 0 Å². The van der Waals surface area contributed by atoms with Crippen molar-refractivity contribution in [3.8, 4) is 0 Å². The van der Waals surface area contributed by atoms with Crippen molar-refractivity contribution in [3.63, 3.8) is 0 Å². The molecule has 0 heterocycles. The van der Waals surface area contributed by atoms with Crippen LogP contribution in [0.15, 0.2) is 29.2 Å². The zero-order valence-corrected chi connectivity index (χ0v) is 12.7. The van der Waals surface area contributed by atoms with Crippen molar-refractivity contribution in [3.05, 3.63) is 29.8 Å². The number of hydrogen-bond donors (Lipinski definition) is 1. The molecule has 110 valence electrons. The third kappa shape index (κ3) is 4.25. The van der Waals surface area contributed by atoms with Crippen LogP contribution in [0.4, 0.5) is 0 Å². The second kappa shape index (κ2) is 7.70. The van der Waals surface area contributed by atoms with Crippen LogP contribution in [-0.2, 0) is 9.53 Å². The van der Waals surface area contributed by atoms with Gasteiger partial charge in [-0.3, -0.25) is 4.79 Å². The second-order valence-electron chi connectivity index (χ2n) is 5.40. The third-order valence-electron chi connectivity index (χ3n) is 3.97. The lowest BCUT2D eigenvalue weighted by atomic mass is 9.88. The molecule has 0 amide bonds. The van der Waals surface area contributed by atoms with Crippen LogP contribution >= 0.6 is 11.8 Å². The number of methoxy groups -OCH3 is 1. The first-order valence-electron chi connectivity index (χ1n) is 7.15. The Kier molecular flexibility index (Phi) is 5.92. The number of ether oxygens (including phenoxy) is 1. The summed E-state index contributed by atoms with van der Waals surface area (Å²) in [5, 5.41) is 9.47. The fraction of sp³-hybridized carbons (Fsp3) is 0.562. The minimum atomic E-state index is -0.700. The van der Waals surface area contributed by atoms with Crippen LogP contribution in [-0.4, -0.2) is 24.1 Å². The monoisotopic (exact) mass is 294 g/mol. The Morgan fingerprint density at radius 2 is 2.00 bits per heavy atom. The summed E-state index contributed by atoms with van der Waals surface area (Å²) in [5.41, 5.74) is 0.922. The van der Waals surface area contributed by atoms with Gasteiger partial charge in [-0.1, -0.05) is 49.6 Å². The maximum atomic E-state index is 11.5. The molecule has 1 aliphatic carbocycles. The summed E-state index contributed by atoms with van der Waals surface area (Å²) in [6, 6.07) is 7.88. The molecule has 1 aliphatic rings. The molecule has 0 aromatic heterocycles. The number of carboxylic acids is 1. The van der Waals surface area contributed by atoms with Crippen LogP contribution in [0.3, 0.4) is 0 Å². The molecule has 20 heavy (non-hydrogen) atoms. The lowest BCUT2D eigenvalue weighted by Gasteiger charge is -2.17. The van der Waals surface area contributed by atoms with Crippen molar-refractivity contribution in [2.24, 2.45) is 5.92 Å². The van der Waals surface area contributed by atoms with Crippen molar-refractivity contribution in [2.75, 3.05) is 13.0 Å². The van der Waals surface area contributed by atoms with Crippen LogP contribution in [0.25, 0.3) is 0 Å². The molecule has 1 aromatic rings. The lowest BCUT2D eigenvalue weighted by molar-refractivity contribution is -0.139. The Bertz CT molecular complexity index is 424. The zero-order chi connectivity index (χ0) is 14.4. The Balaban J connectivity index is 2.02. The Labute approximate surface area is 124 Å². The number of carbonyl (C=O) groups is 1. The van der Waals surface area contributed by atoms with E-state index in [1.54, 1.807) is 18.9 Å². The van der Waals surface area contributed by atoms with Crippen LogP contribution in [0.5, 0.6) is 0 Å². The SMILES string of the molecule is COCSc1ccc([C@H](CC2CCCC2)C(=O)O)cc1. The Morgan fingerprint density at radius 3 is 2.55 bits per heavy atom. The molecule has 0 unspecified atom stereocenters. The summed E-state index contributed by atoms with van der Waals surface area (Å²) < 4.78 is 5.02. The molecular formula is C16H22O3S. The minimum Gasteiger partial charge on any atom is -0.481 e. The van der Waals surface area contributed by atoms with E-state index in [0.29, 0.717) is 11.9 Å². The van der Waals surface area contributed by atoms with Gasteiger partial charge in [-0.05, 0) is 30.0 Å². The third-order valence-corrected chi connectivity index (χ3v) is 4.93. The highest BCUT2D eigenvalue weighted by molar-refractivity contribution is 7.99. The number of aliphatic carboxylic acids is 1. The average Bonchev–Trinajstić information content (AvgIpc) is 2.96. The summed E-state index contributed by atoms with van der Waals surface area (Å²) in [6.07, 6.45) is 5.66. The lowest BCUT2D eigenvalue weighted by Crippen LogP contribution is -2.15. The molecule has 1 saturated carbocycles. The van der Waals surface area contributed by atoms with Gasteiger partial charge >= 0.3 is 5.97 Å². The topological polar surface area (TPSA) is 46.5 Å². The predicted octanol–water partition coefficient (Wildman–Crippen LogP) is 4.13. The van der Waals surface area contributed by atoms with Gasteiger partial charge in [0.25, 0.3) is 0 Å². The maximum Gasteiger partial charge on any atom is 0.310 e. The molecule has 1 fully saturated rings. The van der Waals surface area contributed by atoms with Gasteiger partial charge in [0.2, 0.25) is 0 Å². The highest BCUT2D eigenvalue weighted by Crippen LogP contribution is 2.34. The summed E-state index contributed by atoms with van der Waals surface area (Å²) in [4.78, 5) is 12.6. The van der Waals surface area contributed by atoms with Crippen molar-refractivity contribution >= 4 is 17.7 Å². The van der Waals surface area contributed by atoms with E-state index in [2.05, 4.69) is 0 Å². The molecular weight excluding hydrogens is 272 g/mol. The summed E-state index contributed by atoms with van der Waals surface area (Å²) in [6.45, 7) is 0. The normalized spacial score (nSPS) is 17.2. The van der Waals surface area contributed by atoms with E-state index < -0.39 is 5.97 Å². The molecule has 0 saturated heterocycles. The van der Waals surface area contributed by atoms with Crippen molar-refractivity contribution in [2.45, 2.75) is 42.9 Å². The Hall–Kier alpha value is -1.00. The first-order chi connectivity index (χ1) is 9.70. The molecule has 0 bridgehead atoms. The Morgan fingerprint density at radius 1 is 1.35 bits per heavy atom. The molecule has 1 aromatic carbocycles. The molecule has 0 radical (unpaired) electrons. The van der Waals surface area contributed by atoms with Gasteiger partial charge < -0.3 is 9.84 Å². The predicted molar refractivity (Wildman–Crippen MR) is 81.1 cm³/mol. The first kappa shape index (κ1) is 15.4. The number of carboxylic acid groups (broad SMARTS) is 1. The average molecular weight is 294 g/mol. The highest BCUT2D eigenvalue weighted by Gasteiger charge is 2.26. The van der Waals surface area contributed by atoms with Crippen molar-refractivity contribution in [1.82, 2.24) is 0 Å². The van der Waals surface area contributed by atoms with Crippen molar-refractivity contribution in [1.29, 1.82) is 0 Å². The van der Waals surface area contributed by atoms with Gasteiger partial charge in [0.05, 0.1) is 11.9 Å². The van der Waals surface area contributed by atoms with Crippen LogP contribution in [0.1, 0.15) is 43.6 Å². The number of rotatable bonds is 7. The van der Waals surface area contributed by atoms with Gasteiger partial charge in [-0.25, -0.2) is 0 Å². The zero-order valence-electron chi connectivity index (χ0n) is 11.9. The summed E-state index contributed by atoms with van der Waals surface area (Å²) in [5.74, 6) is 0.136. The first-order valence-corrected chi connectivity index (χ1v) is 8.13. The molecule has 1 N–H and O–H groups in total. The maximum absolute atomic E-state index is 11.5. The van der Waals surface area contributed by atoms with Gasteiger partial charge in [-0.15, -0.1) is 0 Å². The molecule has 1 atom stereocenters. The van der Waals surface area contributed by atoms with Crippen LogP contribution in [0.2, 0.25) is 0 Å². The van der Waals surface area contributed by atoms with E-state index >= 15 is 0 Å². The number of hydrogen-bond acceptors (Lipinski definition) is 3. The van der Waals surface area contributed by atoms with Gasteiger partial charge in [0.15, 0.2) is 0 Å². The van der Waals surface area contributed by atoms with Gasteiger partial charge in [-0.2, -0.15) is 0 Å². The van der Waals surface area contributed by atoms with Crippen LogP contribution in [0, 0.1) is 5.92 Å². The molecule has 3 nitrogen and oxygen atoms in total. The molecule has 0 aliphatic heterocycles. The number of benzene rings is 1. The van der Waals surface area contributed by atoms with E-state index in [4.69, 9.17) is 4.74 Å². The molecule has 0 spiro atoms. The van der Waals surface area contributed by atoms with E-state index in [1.807, 2.05) is 24.3 Å². The smallest absolute Gasteiger partial charge is 0.310 e. The van der Waals surface area contributed by atoms with Gasteiger partial charge in [0, 0.05) is 12.0 Å². The van der Waals surface area contributed by atoms with Crippen molar-refractivity contribution < 1.29 is 14.6 Å². The van der Waals surface area contributed by atoms with E-state index in [1.165, 1.54) is 25.7 Å². The standard InChI is InChI=1S/C16H22O3S/c1-19-11-20-14-8-6-13(7-9-14)15(16(17)18)10-12-4-2-3-5-12/h6-9,12,15H,2-5,10-11H2,1H3,(H,17,18)/t15-/m0/s1. The van der Waals surface area contributed by atoms with E-state index in [9.17, 15) is 9.90 Å². The largest absolute Gasteiger partial charge is 0.481 e.